The number of hydrogen-bond donors (Lipinski definition) is 1. The normalized spacial score (nSPS) is 11.6. The van der Waals surface area contributed by atoms with Gasteiger partial charge in [0.1, 0.15) is 11.3 Å². The van der Waals surface area contributed by atoms with Crippen LogP contribution < -0.4 is 10.1 Å². The Hall–Kier alpha value is -2.96. The van der Waals surface area contributed by atoms with Gasteiger partial charge in [0.05, 0.1) is 12.7 Å². The van der Waals surface area contributed by atoms with Gasteiger partial charge in [-0.25, -0.2) is 0 Å². The number of methoxy groups -OCH3 is 1. The van der Waals surface area contributed by atoms with Crippen LogP contribution in [0.5, 0.6) is 5.75 Å². The monoisotopic (exact) mass is 349 g/mol. The van der Waals surface area contributed by atoms with Gasteiger partial charge in [-0.2, -0.15) is 13.2 Å². The van der Waals surface area contributed by atoms with Crippen molar-refractivity contribution in [2.45, 2.75) is 13.1 Å². The summed E-state index contributed by atoms with van der Waals surface area (Å²) in [4.78, 5) is 12.4. The van der Waals surface area contributed by atoms with Gasteiger partial charge in [-0.3, -0.25) is 4.79 Å². The van der Waals surface area contributed by atoms with Crippen LogP contribution in [0.2, 0.25) is 0 Å². The third-order valence-electron chi connectivity index (χ3n) is 3.82. The van der Waals surface area contributed by atoms with E-state index < -0.39 is 17.6 Å². The maximum atomic E-state index is 12.6. The molecule has 0 fully saturated rings. The fraction of sp³-hybridized carbons (Fsp3) is 0.167. The number of furan rings is 1. The molecule has 4 nitrogen and oxygen atoms in total. The number of halogens is 3. The molecule has 0 aliphatic rings. The van der Waals surface area contributed by atoms with Crippen molar-refractivity contribution in [3.05, 3.63) is 59.4 Å². The fourth-order valence-electron chi connectivity index (χ4n) is 2.47. The van der Waals surface area contributed by atoms with Crippen LogP contribution in [0.3, 0.4) is 0 Å². The molecule has 1 aromatic heterocycles. The summed E-state index contributed by atoms with van der Waals surface area (Å²) < 4.78 is 48.4. The van der Waals surface area contributed by atoms with Crippen LogP contribution >= 0.6 is 0 Å². The smallest absolute Gasteiger partial charge is 0.416 e. The van der Waals surface area contributed by atoms with E-state index in [1.54, 1.807) is 25.1 Å². The van der Waals surface area contributed by atoms with Crippen molar-refractivity contribution in [2.75, 3.05) is 12.4 Å². The highest BCUT2D eigenvalue weighted by Gasteiger charge is 2.30. The lowest BCUT2D eigenvalue weighted by Gasteiger charge is -2.08. The number of aryl methyl sites for hydroxylation is 1. The van der Waals surface area contributed by atoms with E-state index in [1.165, 1.54) is 19.2 Å². The second-order valence-corrected chi connectivity index (χ2v) is 5.45. The number of fused-ring (bicyclic) bond motifs is 1. The van der Waals surface area contributed by atoms with E-state index in [0.29, 0.717) is 16.9 Å². The van der Waals surface area contributed by atoms with Gasteiger partial charge in [0, 0.05) is 16.6 Å². The van der Waals surface area contributed by atoms with Crippen molar-refractivity contribution in [3.63, 3.8) is 0 Å². The lowest BCUT2D eigenvalue weighted by molar-refractivity contribution is -0.137. The molecule has 0 saturated heterocycles. The van der Waals surface area contributed by atoms with E-state index in [9.17, 15) is 18.0 Å². The molecule has 0 spiro atoms. The average molecular weight is 349 g/mol. The highest BCUT2D eigenvalue weighted by molar-refractivity contribution is 6.06. The van der Waals surface area contributed by atoms with Crippen molar-refractivity contribution in [1.29, 1.82) is 0 Å². The van der Waals surface area contributed by atoms with Crippen molar-refractivity contribution < 1.29 is 27.1 Å². The zero-order valence-electron chi connectivity index (χ0n) is 13.4. The average Bonchev–Trinajstić information content (AvgIpc) is 2.91. The van der Waals surface area contributed by atoms with E-state index in [-0.39, 0.29) is 11.4 Å². The molecule has 7 heteroatoms. The molecule has 0 aliphatic heterocycles. The summed E-state index contributed by atoms with van der Waals surface area (Å²) in [6.45, 7) is 1.73. The first-order chi connectivity index (χ1) is 11.8. The number of nitrogens with one attached hydrogen (secondary N) is 1. The highest BCUT2D eigenvalue weighted by atomic mass is 19.4. The Labute approximate surface area is 141 Å². The Morgan fingerprint density at radius 3 is 2.40 bits per heavy atom. The van der Waals surface area contributed by atoms with Gasteiger partial charge in [-0.15, -0.1) is 0 Å². The Morgan fingerprint density at radius 1 is 1.12 bits per heavy atom. The van der Waals surface area contributed by atoms with Crippen molar-refractivity contribution >= 4 is 22.6 Å². The van der Waals surface area contributed by atoms with E-state index >= 15 is 0 Å². The molecule has 25 heavy (non-hydrogen) atoms. The molecule has 0 atom stereocenters. The Morgan fingerprint density at radius 2 is 1.80 bits per heavy atom. The third-order valence-corrected chi connectivity index (χ3v) is 3.82. The summed E-state index contributed by atoms with van der Waals surface area (Å²) in [7, 11) is 1.54. The summed E-state index contributed by atoms with van der Waals surface area (Å²) in [6, 6.07) is 9.36. The predicted octanol–water partition coefficient (Wildman–Crippen LogP) is 5.02. The molecular weight excluding hydrogens is 335 g/mol. The minimum absolute atomic E-state index is 0.100. The van der Waals surface area contributed by atoms with Gasteiger partial charge in [-0.05, 0) is 49.4 Å². The van der Waals surface area contributed by atoms with Crippen LogP contribution in [0.4, 0.5) is 18.9 Å². The summed E-state index contributed by atoms with van der Waals surface area (Å²) in [6.07, 6.45) is -4.42. The lowest BCUT2D eigenvalue weighted by Crippen LogP contribution is -2.12. The van der Waals surface area contributed by atoms with Crippen molar-refractivity contribution in [3.8, 4) is 5.75 Å². The molecule has 0 radical (unpaired) electrons. The van der Waals surface area contributed by atoms with Crippen molar-refractivity contribution in [1.82, 2.24) is 0 Å². The Bertz CT molecular complexity index is 927. The maximum absolute atomic E-state index is 12.6. The summed E-state index contributed by atoms with van der Waals surface area (Å²) in [5.41, 5.74) is 0.613. The Balaban J connectivity index is 1.86. The lowest BCUT2D eigenvalue weighted by atomic mass is 10.1. The fourth-order valence-corrected chi connectivity index (χ4v) is 2.47. The molecule has 3 rings (SSSR count). The SMILES string of the molecule is COc1ccc2oc(C(=O)Nc3ccc(C(F)(F)F)cc3)c(C)c2c1. The highest BCUT2D eigenvalue weighted by Crippen LogP contribution is 2.31. The van der Waals surface area contributed by atoms with Gasteiger partial charge in [-0.1, -0.05) is 0 Å². The molecular formula is C18H14F3NO3. The van der Waals surface area contributed by atoms with Crippen LogP contribution in [0.15, 0.2) is 46.9 Å². The zero-order chi connectivity index (χ0) is 18.2. The second-order valence-electron chi connectivity index (χ2n) is 5.45. The summed E-state index contributed by atoms with van der Waals surface area (Å²) in [5, 5.41) is 3.27. The first-order valence-electron chi connectivity index (χ1n) is 7.35. The molecule has 0 aliphatic carbocycles. The van der Waals surface area contributed by atoms with Gasteiger partial charge in [0.2, 0.25) is 0 Å². The molecule has 2 aromatic carbocycles. The van der Waals surface area contributed by atoms with E-state index in [0.717, 1.165) is 17.5 Å². The molecule has 1 amide bonds. The van der Waals surface area contributed by atoms with Crippen LogP contribution in [-0.2, 0) is 6.18 Å². The van der Waals surface area contributed by atoms with Gasteiger partial charge < -0.3 is 14.5 Å². The van der Waals surface area contributed by atoms with Crippen LogP contribution in [-0.4, -0.2) is 13.0 Å². The standard InChI is InChI=1S/C18H14F3NO3/c1-10-14-9-13(24-2)7-8-15(14)25-16(10)17(23)22-12-5-3-11(4-6-12)18(19,20)21/h3-9H,1-2H3,(H,22,23). The summed E-state index contributed by atoms with van der Waals surface area (Å²) in [5.74, 6) is 0.196. The molecule has 1 N–H and O–H groups in total. The molecule has 0 unspecified atom stereocenters. The molecule has 1 heterocycles. The van der Waals surface area contributed by atoms with E-state index in [4.69, 9.17) is 9.15 Å². The van der Waals surface area contributed by atoms with E-state index in [1.807, 2.05) is 0 Å². The molecule has 0 saturated carbocycles. The van der Waals surface area contributed by atoms with E-state index in [2.05, 4.69) is 5.32 Å². The first-order valence-corrected chi connectivity index (χ1v) is 7.35. The predicted molar refractivity (Wildman–Crippen MR) is 86.9 cm³/mol. The van der Waals surface area contributed by atoms with Crippen molar-refractivity contribution in [2.24, 2.45) is 0 Å². The zero-order valence-corrected chi connectivity index (χ0v) is 13.4. The second kappa shape index (κ2) is 6.16. The topological polar surface area (TPSA) is 51.5 Å². The maximum Gasteiger partial charge on any atom is 0.416 e. The first kappa shape index (κ1) is 16.9. The van der Waals surface area contributed by atoms with Gasteiger partial charge in [0.25, 0.3) is 5.91 Å². The number of hydrogen-bond acceptors (Lipinski definition) is 3. The molecule has 0 bridgehead atoms. The third kappa shape index (κ3) is 3.31. The minimum atomic E-state index is -4.42. The largest absolute Gasteiger partial charge is 0.497 e. The number of ether oxygens (including phenoxy) is 1. The number of rotatable bonds is 3. The number of alkyl halides is 3. The number of benzene rings is 2. The van der Waals surface area contributed by atoms with Crippen LogP contribution in [0, 0.1) is 6.92 Å². The minimum Gasteiger partial charge on any atom is -0.497 e. The number of amides is 1. The van der Waals surface area contributed by atoms with Crippen LogP contribution in [0.1, 0.15) is 21.7 Å². The summed E-state index contributed by atoms with van der Waals surface area (Å²) >= 11 is 0. The van der Waals surface area contributed by atoms with Gasteiger partial charge in [0.15, 0.2) is 5.76 Å². The molecule has 3 aromatic rings. The quantitative estimate of drug-likeness (QED) is 0.722. The molecule has 130 valence electrons. The number of carbonyl (C=O) groups is 1. The van der Waals surface area contributed by atoms with Gasteiger partial charge >= 0.3 is 6.18 Å². The van der Waals surface area contributed by atoms with Crippen LogP contribution in [0.25, 0.3) is 11.0 Å². The number of anilines is 1. The number of carbonyl (C=O) groups excluding carboxylic acids is 1. The Kier molecular flexibility index (Phi) is 4.16.